The molecule has 0 radical (unpaired) electrons. The first-order valence-corrected chi connectivity index (χ1v) is 10.7. The van der Waals surface area contributed by atoms with Crippen LogP contribution in [0.4, 0.5) is 4.39 Å². The molecule has 1 aliphatic rings. The second-order valence-corrected chi connectivity index (χ2v) is 8.21. The van der Waals surface area contributed by atoms with Gasteiger partial charge in [-0.05, 0) is 54.7 Å². The van der Waals surface area contributed by atoms with Crippen LogP contribution in [-0.4, -0.2) is 34.7 Å². The fraction of sp³-hybridized carbons (Fsp3) is 0.400. The molecule has 1 saturated heterocycles. The van der Waals surface area contributed by atoms with Gasteiger partial charge < -0.3 is 18.8 Å². The van der Waals surface area contributed by atoms with Crippen LogP contribution in [0, 0.1) is 19.7 Å². The molecule has 0 spiro atoms. The Bertz CT molecular complexity index is 955. The fourth-order valence-electron chi connectivity index (χ4n) is 4.01. The van der Waals surface area contributed by atoms with E-state index < -0.39 is 5.79 Å². The van der Waals surface area contributed by atoms with Crippen molar-refractivity contribution in [2.75, 3.05) is 13.2 Å². The van der Waals surface area contributed by atoms with E-state index in [1.165, 1.54) is 28.8 Å². The molecular weight excluding hydrogens is 395 g/mol. The highest BCUT2D eigenvalue weighted by atomic mass is 19.1. The van der Waals surface area contributed by atoms with Gasteiger partial charge in [-0.3, -0.25) is 0 Å². The molecule has 0 bridgehead atoms. The fourth-order valence-corrected chi connectivity index (χ4v) is 4.01. The monoisotopic (exact) mass is 424 g/mol. The molecule has 0 aliphatic carbocycles. The van der Waals surface area contributed by atoms with Crippen molar-refractivity contribution in [2.45, 2.75) is 51.7 Å². The van der Waals surface area contributed by atoms with Crippen LogP contribution in [0.15, 0.2) is 61.2 Å². The topological polar surface area (TPSA) is 45.5 Å². The highest BCUT2D eigenvalue weighted by molar-refractivity contribution is 5.32. The molecule has 6 heteroatoms. The van der Waals surface area contributed by atoms with E-state index in [1.54, 1.807) is 24.7 Å². The van der Waals surface area contributed by atoms with Crippen molar-refractivity contribution in [3.8, 4) is 0 Å². The predicted octanol–water partition coefficient (Wildman–Crippen LogP) is 4.60. The van der Waals surface area contributed by atoms with Crippen molar-refractivity contribution in [3.05, 3.63) is 89.3 Å². The highest BCUT2D eigenvalue weighted by Gasteiger charge is 2.41. The Morgan fingerprint density at radius 1 is 1.16 bits per heavy atom. The van der Waals surface area contributed by atoms with E-state index in [-0.39, 0.29) is 11.9 Å². The van der Waals surface area contributed by atoms with E-state index in [1.807, 2.05) is 10.8 Å². The highest BCUT2D eigenvalue weighted by Crippen LogP contribution is 2.31. The number of hydrogen-bond donors (Lipinski definition) is 0. The van der Waals surface area contributed by atoms with Gasteiger partial charge in [-0.2, -0.15) is 0 Å². The van der Waals surface area contributed by atoms with Crippen LogP contribution < -0.4 is 0 Å². The number of aromatic nitrogens is 2. The molecule has 1 aliphatic heterocycles. The van der Waals surface area contributed by atoms with Crippen LogP contribution in [0.25, 0.3) is 0 Å². The summed E-state index contributed by atoms with van der Waals surface area (Å²) in [7, 11) is 0. The minimum absolute atomic E-state index is 0.138. The van der Waals surface area contributed by atoms with Crippen LogP contribution in [0.3, 0.4) is 0 Å². The number of aryl methyl sites for hydroxylation is 3. The summed E-state index contributed by atoms with van der Waals surface area (Å²) in [6.45, 7) is 6.25. The molecule has 5 nitrogen and oxygen atoms in total. The third-order valence-corrected chi connectivity index (χ3v) is 5.80. The lowest BCUT2D eigenvalue weighted by molar-refractivity contribution is -0.187. The molecule has 0 N–H and O–H groups in total. The largest absolute Gasteiger partial charge is 0.374 e. The summed E-state index contributed by atoms with van der Waals surface area (Å²) in [6.07, 6.45) is 6.65. The van der Waals surface area contributed by atoms with Gasteiger partial charge in [-0.25, -0.2) is 9.37 Å². The number of benzene rings is 2. The third kappa shape index (κ3) is 5.58. The maximum Gasteiger partial charge on any atom is 0.187 e. The smallest absolute Gasteiger partial charge is 0.187 e. The summed E-state index contributed by atoms with van der Waals surface area (Å²) in [5.74, 6) is -0.992. The molecule has 2 unspecified atom stereocenters. The Kier molecular flexibility index (Phi) is 6.80. The van der Waals surface area contributed by atoms with E-state index in [0.717, 1.165) is 12.0 Å². The van der Waals surface area contributed by atoms with Crippen molar-refractivity contribution in [1.29, 1.82) is 0 Å². The first-order chi connectivity index (χ1) is 15.0. The molecule has 2 atom stereocenters. The lowest BCUT2D eigenvalue weighted by Crippen LogP contribution is -2.37. The Labute approximate surface area is 182 Å². The third-order valence-electron chi connectivity index (χ3n) is 5.80. The summed E-state index contributed by atoms with van der Waals surface area (Å²) in [5, 5.41) is 0. The van der Waals surface area contributed by atoms with Gasteiger partial charge >= 0.3 is 0 Å². The number of halogens is 1. The maximum atomic E-state index is 13.2. The van der Waals surface area contributed by atoms with Crippen LogP contribution in [0.2, 0.25) is 0 Å². The van der Waals surface area contributed by atoms with Crippen LogP contribution in [0.5, 0.6) is 0 Å². The molecule has 2 heterocycles. The van der Waals surface area contributed by atoms with Gasteiger partial charge in [-0.1, -0.05) is 30.3 Å². The van der Waals surface area contributed by atoms with Crippen LogP contribution in [0.1, 0.15) is 28.7 Å². The van der Waals surface area contributed by atoms with Crippen LogP contribution in [-0.2, 0) is 33.8 Å². The van der Waals surface area contributed by atoms with Crippen molar-refractivity contribution >= 4 is 0 Å². The Morgan fingerprint density at radius 3 is 2.65 bits per heavy atom. The first kappa shape index (κ1) is 21.7. The summed E-state index contributed by atoms with van der Waals surface area (Å²) in [6, 6.07) is 12.9. The van der Waals surface area contributed by atoms with Gasteiger partial charge in [0, 0.05) is 18.8 Å². The van der Waals surface area contributed by atoms with Crippen LogP contribution >= 0.6 is 0 Å². The molecule has 4 rings (SSSR count). The average Bonchev–Trinajstić information content (AvgIpc) is 3.41. The Hall–Kier alpha value is -2.54. The minimum Gasteiger partial charge on any atom is -0.374 e. The predicted molar refractivity (Wildman–Crippen MR) is 116 cm³/mol. The Balaban J connectivity index is 1.37. The number of nitrogens with zero attached hydrogens (tertiary/aromatic N) is 2. The SMILES string of the molecule is Cc1cccc(C)c1COCC1COC(CCc2ccc(F)cc2)(Cn2ccnc2)O1. The van der Waals surface area contributed by atoms with Gasteiger partial charge in [0.1, 0.15) is 11.9 Å². The molecular formula is C25H29FN2O3. The molecule has 31 heavy (non-hydrogen) atoms. The average molecular weight is 425 g/mol. The van der Waals surface area contributed by atoms with Gasteiger partial charge in [0.25, 0.3) is 0 Å². The van der Waals surface area contributed by atoms with Gasteiger partial charge in [-0.15, -0.1) is 0 Å². The zero-order chi connectivity index (χ0) is 21.7. The van der Waals surface area contributed by atoms with Gasteiger partial charge in [0.2, 0.25) is 0 Å². The lowest BCUT2D eigenvalue weighted by atomic mass is 10.0. The first-order valence-electron chi connectivity index (χ1n) is 10.7. The molecule has 0 saturated carbocycles. The summed E-state index contributed by atoms with van der Waals surface area (Å²) >= 11 is 0. The van der Waals surface area contributed by atoms with E-state index in [2.05, 4.69) is 37.0 Å². The van der Waals surface area contributed by atoms with Gasteiger partial charge in [0.05, 0.1) is 32.7 Å². The molecule has 2 aromatic carbocycles. The van der Waals surface area contributed by atoms with E-state index in [9.17, 15) is 4.39 Å². The number of hydrogen-bond acceptors (Lipinski definition) is 4. The molecule has 164 valence electrons. The second kappa shape index (κ2) is 9.73. The van der Waals surface area contributed by atoms with Crippen molar-refractivity contribution in [3.63, 3.8) is 0 Å². The van der Waals surface area contributed by atoms with Gasteiger partial charge in [0.15, 0.2) is 5.79 Å². The lowest BCUT2D eigenvalue weighted by Gasteiger charge is -2.28. The standard InChI is InChI=1S/C25H29FN2O3/c1-19-4-3-5-20(2)24(19)16-29-14-23-15-30-25(31-23,17-28-13-12-27-18-28)11-10-21-6-8-22(26)9-7-21/h3-9,12-13,18,23H,10-11,14-17H2,1-2H3. The van der Waals surface area contributed by atoms with E-state index in [0.29, 0.717) is 32.8 Å². The minimum atomic E-state index is -0.762. The number of imidazole rings is 1. The van der Waals surface area contributed by atoms with E-state index in [4.69, 9.17) is 14.2 Å². The zero-order valence-corrected chi connectivity index (χ0v) is 18.1. The quantitative estimate of drug-likeness (QED) is 0.504. The number of rotatable bonds is 9. The van der Waals surface area contributed by atoms with Crippen molar-refractivity contribution in [1.82, 2.24) is 9.55 Å². The molecule has 0 amide bonds. The maximum absolute atomic E-state index is 13.2. The Morgan fingerprint density at radius 2 is 1.94 bits per heavy atom. The number of ether oxygens (including phenoxy) is 3. The van der Waals surface area contributed by atoms with E-state index >= 15 is 0 Å². The molecule has 1 aromatic heterocycles. The van der Waals surface area contributed by atoms with Crippen molar-refractivity contribution in [2.24, 2.45) is 0 Å². The summed E-state index contributed by atoms with van der Waals surface area (Å²) in [5.41, 5.74) is 4.74. The van der Waals surface area contributed by atoms with Crippen molar-refractivity contribution < 1.29 is 18.6 Å². The summed E-state index contributed by atoms with van der Waals surface area (Å²) in [4.78, 5) is 4.13. The second-order valence-electron chi connectivity index (χ2n) is 8.21. The molecule has 1 fully saturated rings. The zero-order valence-electron chi connectivity index (χ0n) is 18.1. The summed E-state index contributed by atoms with van der Waals surface area (Å²) < 4.78 is 33.8. The normalized spacial score (nSPS) is 20.9. The molecule has 3 aromatic rings.